The van der Waals surface area contributed by atoms with Gasteiger partial charge in [-0.25, -0.2) is 8.78 Å². The minimum atomic E-state index is -1.60. The van der Waals surface area contributed by atoms with Crippen LogP contribution < -0.4 is 0 Å². The molecule has 1 unspecified atom stereocenters. The van der Waals surface area contributed by atoms with Crippen LogP contribution in [0.4, 0.5) is 8.78 Å². The first kappa shape index (κ1) is 15.1. The Morgan fingerprint density at radius 2 is 1.70 bits per heavy atom. The molecule has 0 heterocycles. The van der Waals surface area contributed by atoms with Gasteiger partial charge in [-0.15, -0.1) is 0 Å². The van der Waals surface area contributed by atoms with Crippen LogP contribution in [0.25, 0.3) is 0 Å². The third-order valence-electron chi connectivity index (χ3n) is 3.28. The number of hydrogen-bond donors (Lipinski definition) is 1. The molecule has 20 heavy (non-hydrogen) atoms. The monoisotopic (exact) mass is 340 g/mol. The standard InChI is InChI=1S/C16H15BrF2O/c1-10-3-8-13(18)14(15(10)19)16(2,20)9-11-4-6-12(17)7-5-11/h3-8,20H,9H2,1-2H3. The van der Waals surface area contributed by atoms with Crippen molar-refractivity contribution in [3.63, 3.8) is 0 Å². The molecule has 4 heteroatoms. The van der Waals surface area contributed by atoms with Crippen LogP contribution >= 0.6 is 15.9 Å². The van der Waals surface area contributed by atoms with Gasteiger partial charge in [-0.3, -0.25) is 0 Å². The summed E-state index contributed by atoms with van der Waals surface area (Å²) in [4.78, 5) is 0. The highest BCUT2D eigenvalue weighted by atomic mass is 79.9. The molecule has 0 aliphatic carbocycles. The van der Waals surface area contributed by atoms with E-state index in [1.807, 2.05) is 24.3 Å². The zero-order chi connectivity index (χ0) is 14.9. The highest BCUT2D eigenvalue weighted by molar-refractivity contribution is 9.10. The SMILES string of the molecule is Cc1ccc(F)c(C(C)(O)Cc2ccc(Br)cc2)c1F. The Bertz CT molecular complexity index is 621. The third kappa shape index (κ3) is 3.07. The summed E-state index contributed by atoms with van der Waals surface area (Å²) >= 11 is 3.32. The van der Waals surface area contributed by atoms with Gasteiger partial charge < -0.3 is 5.11 Å². The van der Waals surface area contributed by atoms with E-state index in [0.717, 1.165) is 10.0 Å². The lowest BCUT2D eigenvalue weighted by atomic mass is 9.87. The Labute approximate surface area is 125 Å². The summed E-state index contributed by atoms with van der Waals surface area (Å²) in [7, 11) is 0. The fraction of sp³-hybridized carbons (Fsp3) is 0.250. The van der Waals surface area contributed by atoms with Gasteiger partial charge in [0.25, 0.3) is 0 Å². The van der Waals surface area contributed by atoms with E-state index in [4.69, 9.17) is 0 Å². The molecule has 0 bridgehead atoms. The maximum absolute atomic E-state index is 14.1. The van der Waals surface area contributed by atoms with Crippen LogP contribution in [0.5, 0.6) is 0 Å². The van der Waals surface area contributed by atoms with Crippen LogP contribution in [0.1, 0.15) is 23.6 Å². The number of halogens is 3. The van der Waals surface area contributed by atoms with Crippen molar-refractivity contribution in [2.75, 3.05) is 0 Å². The summed E-state index contributed by atoms with van der Waals surface area (Å²) in [5.41, 5.74) is -0.759. The van der Waals surface area contributed by atoms with E-state index in [1.165, 1.54) is 19.1 Å². The lowest BCUT2D eigenvalue weighted by Crippen LogP contribution is -2.27. The van der Waals surface area contributed by atoms with Crippen molar-refractivity contribution in [2.45, 2.75) is 25.9 Å². The van der Waals surface area contributed by atoms with Gasteiger partial charge in [0, 0.05) is 10.9 Å². The van der Waals surface area contributed by atoms with Gasteiger partial charge in [-0.05, 0) is 43.2 Å². The fourth-order valence-corrected chi connectivity index (χ4v) is 2.50. The zero-order valence-corrected chi connectivity index (χ0v) is 12.8. The molecule has 0 amide bonds. The smallest absolute Gasteiger partial charge is 0.135 e. The predicted molar refractivity (Wildman–Crippen MR) is 78.5 cm³/mol. The molecule has 0 saturated carbocycles. The van der Waals surface area contributed by atoms with Crippen LogP contribution in [-0.2, 0) is 12.0 Å². The Hall–Kier alpha value is -1.26. The second kappa shape index (κ2) is 5.62. The molecule has 2 rings (SSSR count). The molecule has 0 radical (unpaired) electrons. The molecule has 1 N–H and O–H groups in total. The second-order valence-electron chi connectivity index (χ2n) is 5.13. The van der Waals surface area contributed by atoms with E-state index in [1.54, 1.807) is 6.92 Å². The zero-order valence-electron chi connectivity index (χ0n) is 11.3. The van der Waals surface area contributed by atoms with Gasteiger partial charge in [-0.1, -0.05) is 34.1 Å². The average molecular weight is 341 g/mol. The summed E-state index contributed by atoms with van der Waals surface area (Å²) in [5.74, 6) is -1.41. The first-order valence-corrected chi connectivity index (χ1v) is 7.02. The maximum Gasteiger partial charge on any atom is 0.135 e. The molecule has 2 aromatic carbocycles. The molecule has 0 aliphatic heterocycles. The first-order chi connectivity index (χ1) is 9.31. The summed E-state index contributed by atoms with van der Waals surface area (Å²) in [5, 5.41) is 10.5. The lowest BCUT2D eigenvalue weighted by Gasteiger charge is -2.25. The number of aryl methyl sites for hydroxylation is 1. The van der Waals surface area contributed by atoms with Gasteiger partial charge in [0.2, 0.25) is 0 Å². The van der Waals surface area contributed by atoms with E-state index in [0.29, 0.717) is 5.56 Å². The van der Waals surface area contributed by atoms with E-state index in [2.05, 4.69) is 15.9 Å². The Kier molecular flexibility index (Phi) is 4.25. The quantitative estimate of drug-likeness (QED) is 0.872. The predicted octanol–water partition coefficient (Wildman–Crippen LogP) is 4.49. The number of rotatable bonds is 3. The van der Waals surface area contributed by atoms with Crippen LogP contribution in [0.2, 0.25) is 0 Å². The van der Waals surface area contributed by atoms with Crippen LogP contribution in [0.3, 0.4) is 0 Å². The molecular formula is C16H15BrF2O. The molecule has 0 aromatic heterocycles. The van der Waals surface area contributed by atoms with Crippen LogP contribution in [-0.4, -0.2) is 5.11 Å². The molecule has 0 fully saturated rings. The van der Waals surface area contributed by atoms with Crippen molar-refractivity contribution in [2.24, 2.45) is 0 Å². The molecule has 106 valence electrons. The molecule has 0 aliphatic rings. The van der Waals surface area contributed by atoms with Gasteiger partial charge >= 0.3 is 0 Å². The van der Waals surface area contributed by atoms with Crippen molar-refractivity contribution in [3.05, 3.63) is 69.2 Å². The number of hydrogen-bond acceptors (Lipinski definition) is 1. The van der Waals surface area contributed by atoms with E-state index >= 15 is 0 Å². The lowest BCUT2D eigenvalue weighted by molar-refractivity contribution is 0.0496. The van der Waals surface area contributed by atoms with E-state index < -0.39 is 17.2 Å². The fourth-order valence-electron chi connectivity index (χ4n) is 2.24. The minimum Gasteiger partial charge on any atom is -0.385 e. The Morgan fingerprint density at radius 3 is 2.30 bits per heavy atom. The second-order valence-corrected chi connectivity index (χ2v) is 6.05. The molecule has 1 nitrogen and oxygen atoms in total. The highest BCUT2D eigenvalue weighted by Crippen LogP contribution is 2.31. The van der Waals surface area contributed by atoms with Gasteiger partial charge in [-0.2, -0.15) is 0 Å². The molecular weight excluding hydrogens is 326 g/mol. The van der Waals surface area contributed by atoms with E-state index in [-0.39, 0.29) is 12.0 Å². The van der Waals surface area contributed by atoms with Crippen molar-refractivity contribution in [3.8, 4) is 0 Å². The van der Waals surface area contributed by atoms with Crippen LogP contribution in [0.15, 0.2) is 40.9 Å². The Morgan fingerprint density at radius 1 is 1.10 bits per heavy atom. The summed E-state index contributed by atoms with van der Waals surface area (Å²) in [6, 6.07) is 9.82. The molecule has 1 atom stereocenters. The average Bonchev–Trinajstić information content (AvgIpc) is 2.37. The van der Waals surface area contributed by atoms with Crippen LogP contribution in [0, 0.1) is 18.6 Å². The van der Waals surface area contributed by atoms with Gasteiger partial charge in [0.15, 0.2) is 0 Å². The summed E-state index contributed by atoms with van der Waals surface area (Å²) in [6.45, 7) is 2.98. The number of aliphatic hydroxyl groups is 1. The first-order valence-electron chi connectivity index (χ1n) is 6.23. The number of benzene rings is 2. The van der Waals surface area contributed by atoms with Crippen molar-refractivity contribution < 1.29 is 13.9 Å². The van der Waals surface area contributed by atoms with Gasteiger partial charge in [0.05, 0.1) is 11.2 Å². The summed E-state index contributed by atoms with van der Waals surface area (Å²) in [6.07, 6.45) is 0.136. The third-order valence-corrected chi connectivity index (χ3v) is 3.81. The molecule has 0 spiro atoms. The molecule has 0 saturated heterocycles. The molecule has 2 aromatic rings. The Balaban J connectivity index is 2.40. The van der Waals surface area contributed by atoms with Crippen molar-refractivity contribution >= 4 is 15.9 Å². The van der Waals surface area contributed by atoms with Gasteiger partial charge in [0.1, 0.15) is 11.6 Å². The van der Waals surface area contributed by atoms with Crippen molar-refractivity contribution in [1.82, 2.24) is 0 Å². The highest BCUT2D eigenvalue weighted by Gasteiger charge is 2.31. The minimum absolute atomic E-state index is 0.136. The van der Waals surface area contributed by atoms with Crippen molar-refractivity contribution in [1.29, 1.82) is 0 Å². The largest absolute Gasteiger partial charge is 0.385 e. The summed E-state index contributed by atoms with van der Waals surface area (Å²) < 4.78 is 28.9. The maximum atomic E-state index is 14.1. The van der Waals surface area contributed by atoms with E-state index in [9.17, 15) is 13.9 Å². The topological polar surface area (TPSA) is 20.2 Å². The normalized spacial score (nSPS) is 14.1.